The van der Waals surface area contributed by atoms with Gasteiger partial charge in [0, 0.05) is 22.9 Å². The Morgan fingerprint density at radius 1 is 1.61 bits per heavy atom. The van der Waals surface area contributed by atoms with Gasteiger partial charge in [0.15, 0.2) is 0 Å². The van der Waals surface area contributed by atoms with Crippen LogP contribution in [0.4, 0.5) is 0 Å². The molecule has 1 aromatic rings. The predicted molar refractivity (Wildman–Crippen MR) is 88.0 cm³/mol. The molecule has 0 aromatic carbocycles. The molecule has 1 aromatic heterocycles. The van der Waals surface area contributed by atoms with E-state index in [1.54, 1.807) is 31.4 Å². The van der Waals surface area contributed by atoms with Gasteiger partial charge < -0.3 is 20.2 Å². The highest BCUT2D eigenvalue weighted by molar-refractivity contribution is 6.30. The molecule has 2 aliphatic rings. The first-order valence-electron chi connectivity index (χ1n) is 7.98. The van der Waals surface area contributed by atoms with Gasteiger partial charge in [0.1, 0.15) is 17.6 Å². The monoisotopic (exact) mass is 336 g/mol. The maximum atomic E-state index is 11.9. The molecule has 3 unspecified atom stereocenters. The van der Waals surface area contributed by atoms with E-state index >= 15 is 0 Å². The number of nitrogens with one attached hydrogen (secondary N) is 2. The fraction of sp³-hybridized carbons (Fsp3) is 0.471. The molecule has 1 aliphatic heterocycles. The van der Waals surface area contributed by atoms with Crippen LogP contribution in [0, 0.1) is 5.92 Å². The Balaban J connectivity index is 1.99. The van der Waals surface area contributed by atoms with Crippen molar-refractivity contribution in [1.82, 2.24) is 10.6 Å². The van der Waals surface area contributed by atoms with Crippen molar-refractivity contribution >= 4 is 17.5 Å². The number of carbonyl (C=O) groups excluding carboxylic acids is 1. The van der Waals surface area contributed by atoms with Crippen LogP contribution < -0.4 is 10.6 Å². The number of aliphatic hydroxyl groups excluding tert-OH is 1. The van der Waals surface area contributed by atoms with Gasteiger partial charge in [-0.15, -0.1) is 0 Å². The third kappa shape index (κ3) is 3.16. The molecule has 0 spiro atoms. The highest BCUT2D eigenvalue weighted by Gasteiger charge is 2.37. The summed E-state index contributed by atoms with van der Waals surface area (Å²) >= 11 is 6.46. The van der Waals surface area contributed by atoms with Gasteiger partial charge in [-0.2, -0.15) is 0 Å². The summed E-state index contributed by atoms with van der Waals surface area (Å²) in [4.78, 5) is 11.9. The zero-order valence-electron chi connectivity index (χ0n) is 13.0. The van der Waals surface area contributed by atoms with Gasteiger partial charge in [0.25, 0.3) is 0 Å². The first kappa shape index (κ1) is 16.1. The summed E-state index contributed by atoms with van der Waals surface area (Å²) in [5, 5.41) is 17.7. The Morgan fingerprint density at radius 3 is 3.13 bits per heavy atom. The fourth-order valence-electron chi connectivity index (χ4n) is 3.23. The van der Waals surface area contributed by atoms with E-state index in [0.717, 1.165) is 19.4 Å². The highest BCUT2D eigenvalue weighted by Crippen LogP contribution is 2.39. The van der Waals surface area contributed by atoms with E-state index in [4.69, 9.17) is 16.0 Å². The van der Waals surface area contributed by atoms with Crippen LogP contribution in [0.2, 0.25) is 0 Å². The Kier molecular flexibility index (Phi) is 4.78. The molecule has 124 valence electrons. The van der Waals surface area contributed by atoms with E-state index in [1.165, 1.54) is 0 Å². The lowest BCUT2D eigenvalue weighted by molar-refractivity contribution is -0.121. The van der Waals surface area contributed by atoms with Crippen molar-refractivity contribution in [1.29, 1.82) is 0 Å². The average Bonchev–Trinajstić information content (AvgIpc) is 3.10. The summed E-state index contributed by atoms with van der Waals surface area (Å²) in [5.74, 6) is 0.781. The number of aliphatic hydroxyl groups is 1. The second-order valence-electron chi connectivity index (χ2n) is 5.92. The summed E-state index contributed by atoms with van der Waals surface area (Å²) in [7, 11) is 0. The summed E-state index contributed by atoms with van der Waals surface area (Å²) in [6.07, 6.45) is 5.65. The molecule has 0 bridgehead atoms. The minimum Gasteiger partial charge on any atom is -0.510 e. The van der Waals surface area contributed by atoms with Crippen LogP contribution in [0.15, 0.2) is 45.3 Å². The maximum absolute atomic E-state index is 11.9. The van der Waals surface area contributed by atoms with Crippen molar-refractivity contribution < 1.29 is 14.3 Å². The van der Waals surface area contributed by atoms with Crippen LogP contribution in [0.25, 0.3) is 0 Å². The van der Waals surface area contributed by atoms with Crippen molar-refractivity contribution in [3.05, 3.63) is 46.6 Å². The Morgan fingerprint density at radius 2 is 2.43 bits per heavy atom. The summed E-state index contributed by atoms with van der Waals surface area (Å²) in [5.41, 5.74) is 0.586. The number of fused-ring (bicyclic) bond motifs is 1. The van der Waals surface area contributed by atoms with E-state index in [2.05, 4.69) is 10.6 Å². The second kappa shape index (κ2) is 6.81. The second-order valence-corrected chi connectivity index (χ2v) is 6.36. The summed E-state index contributed by atoms with van der Waals surface area (Å²) in [6.45, 7) is 2.63. The molecule has 1 fully saturated rings. The third-order valence-corrected chi connectivity index (χ3v) is 4.85. The zero-order valence-corrected chi connectivity index (χ0v) is 13.8. The van der Waals surface area contributed by atoms with Crippen LogP contribution in [0.3, 0.4) is 0 Å². The number of furan rings is 1. The van der Waals surface area contributed by atoms with Crippen molar-refractivity contribution in [2.45, 2.75) is 38.3 Å². The minimum absolute atomic E-state index is 0.0910. The predicted octanol–water partition coefficient (Wildman–Crippen LogP) is 3.16. The lowest BCUT2D eigenvalue weighted by Gasteiger charge is -2.37. The van der Waals surface area contributed by atoms with Gasteiger partial charge in [-0.05, 0) is 37.6 Å². The number of halogens is 1. The van der Waals surface area contributed by atoms with Gasteiger partial charge in [-0.3, -0.25) is 4.79 Å². The Hall–Kier alpha value is -1.72. The third-order valence-electron chi connectivity index (χ3n) is 4.46. The molecule has 3 N–H and O–H groups in total. The van der Waals surface area contributed by atoms with Gasteiger partial charge in [0.2, 0.25) is 5.91 Å². The Bertz CT molecular complexity index is 636. The molecule has 3 rings (SSSR count). The summed E-state index contributed by atoms with van der Waals surface area (Å²) < 4.78 is 5.46. The standard InChI is InChI=1S/C17H21ClN2O3/c1-2-14(21)20-15(13-6-4-8-23-13)11-9-12(18)10-5-3-7-19-16(10)17(11)22/h4,6,8-10,15-16,19,22H,2-3,5,7H2,1H3,(H,20,21). The maximum Gasteiger partial charge on any atom is 0.220 e. The van der Waals surface area contributed by atoms with Crippen LogP contribution in [-0.4, -0.2) is 23.6 Å². The lowest BCUT2D eigenvalue weighted by atomic mass is 9.82. The molecule has 3 atom stereocenters. The molecule has 1 amide bonds. The molecule has 0 radical (unpaired) electrons. The van der Waals surface area contributed by atoms with Crippen molar-refractivity contribution in [2.75, 3.05) is 6.54 Å². The number of carbonyl (C=O) groups is 1. The molecule has 6 heteroatoms. The van der Waals surface area contributed by atoms with Gasteiger partial charge in [-0.1, -0.05) is 18.5 Å². The topological polar surface area (TPSA) is 74.5 Å². The number of piperidine rings is 1. The highest BCUT2D eigenvalue weighted by atomic mass is 35.5. The average molecular weight is 337 g/mol. The normalized spacial score (nSPS) is 25.6. The van der Waals surface area contributed by atoms with Crippen LogP contribution in [0.5, 0.6) is 0 Å². The van der Waals surface area contributed by atoms with Crippen LogP contribution in [0.1, 0.15) is 38.0 Å². The smallest absolute Gasteiger partial charge is 0.220 e. The quantitative estimate of drug-likeness (QED) is 0.789. The van der Waals surface area contributed by atoms with E-state index in [-0.39, 0.29) is 23.6 Å². The Labute approximate surface area is 140 Å². The van der Waals surface area contributed by atoms with Crippen LogP contribution in [-0.2, 0) is 4.79 Å². The number of rotatable bonds is 4. The molecule has 1 saturated heterocycles. The number of hydrogen-bond donors (Lipinski definition) is 3. The SMILES string of the molecule is CCC(=O)NC(C1=C(O)C2NCCCC2C(Cl)=C1)c1ccco1. The van der Waals surface area contributed by atoms with E-state index in [9.17, 15) is 9.90 Å². The molecule has 2 heterocycles. The van der Waals surface area contributed by atoms with Gasteiger partial charge in [-0.25, -0.2) is 0 Å². The molecule has 0 saturated carbocycles. The molecule has 5 nitrogen and oxygen atoms in total. The minimum atomic E-state index is -0.545. The van der Waals surface area contributed by atoms with Crippen LogP contribution >= 0.6 is 11.6 Å². The number of amides is 1. The van der Waals surface area contributed by atoms with E-state index < -0.39 is 6.04 Å². The molecule has 23 heavy (non-hydrogen) atoms. The first-order chi connectivity index (χ1) is 11.1. The fourth-order valence-corrected chi connectivity index (χ4v) is 3.59. The van der Waals surface area contributed by atoms with Gasteiger partial charge >= 0.3 is 0 Å². The van der Waals surface area contributed by atoms with Crippen molar-refractivity contribution in [3.8, 4) is 0 Å². The molecular weight excluding hydrogens is 316 g/mol. The van der Waals surface area contributed by atoms with E-state index in [1.807, 2.05) is 0 Å². The van der Waals surface area contributed by atoms with Crippen molar-refractivity contribution in [3.63, 3.8) is 0 Å². The number of hydrogen-bond acceptors (Lipinski definition) is 4. The largest absolute Gasteiger partial charge is 0.510 e. The molecule has 1 aliphatic carbocycles. The van der Waals surface area contributed by atoms with Gasteiger partial charge in [0.05, 0.1) is 12.3 Å². The molecular formula is C17H21ClN2O3. The lowest BCUT2D eigenvalue weighted by Crippen LogP contribution is -2.45. The zero-order chi connectivity index (χ0) is 16.4. The van der Waals surface area contributed by atoms with Crippen molar-refractivity contribution in [2.24, 2.45) is 5.92 Å². The summed E-state index contributed by atoms with van der Waals surface area (Å²) in [6, 6.07) is 2.79. The first-order valence-corrected chi connectivity index (χ1v) is 8.36. The van der Waals surface area contributed by atoms with E-state index in [0.29, 0.717) is 22.8 Å².